The van der Waals surface area contributed by atoms with Gasteiger partial charge in [-0.2, -0.15) is 5.10 Å². The van der Waals surface area contributed by atoms with Gasteiger partial charge in [-0.3, -0.25) is 19.4 Å². The van der Waals surface area contributed by atoms with Crippen LogP contribution in [0, 0.1) is 12.3 Å². The molecule has 10 heteroatoms. The van der Waals surface area contributed by atoms with E-state index in [-0.39, 0.29) is 11.8 Å². The molecule has 2 N–H and O–H groups in total. The molecule has 3 aliphatic heterocycles. The molecule has 3 aromatic rings. The van der Waals surface area contributed by atoms with Crippen LogP contribution in [-0.2, 0) is 24.2 Å². The van der Waals surface area contributed by atoms with E-state index in [2.05, 4.69) is 38.0 Å². The van der Waals surface area contributed by atoms with Crippen molar-refractivity contribution in [1.82, 2.24) is 35.4 Å². The number of nitrogens with one attached hydrogen (secondary N) is 2. The van der Waals surface area contributed by atoms with E-state index in [1.807, 2.05) is 34.8 Å². The number of ether oxygens (including phenoxy) is 1. The van der Waals surface area contributed by atoms with Crippen molar-refractivity contribution in [3.05, 3.63) is 58.7 Å². The van der Waals surface area contributed by atoms with Crippen molar-refractivity contribution in [1.29, 1.82) is 0 Å². The molecule has 0 radical (unpaired) electrons. The minimum Gasteiger partial charge on any atom is -0.494 e. The molecule has 1 saturated carbocycles. The number of amides is 2. The highest BCUT2D eigenvalue weighted by Crippen LogP contribution is 2.42. The third-order valence-corrected chi connectivity index (χ3v) is 8.17. The predicted octanol–water partition coefficient (Wildman–Crippen LogP) is 2.79. The largest absolute Gasteiger partial charge is 0.494 e. The van der Waals surface area contributed by atoms with Crippen molar-refractivity contribution < 1.29 is 14.3 Å². The third-order valence-electron chi connectivity index (χ3n) is 8.17. The number of carbonyl (C=O) groups is 2. The summed E-state index contributed by atoms with van der Waals surface area (Å²) in [5, 5.41) is 19.3. The van der Waals surface area contributed by atoms with Crippen LogP contribution in [0.25, 0.3) is 0 Å². The topological polar surface area (TPSA) is 118 Å². The highest BCUT2D eigenvalue weighted by molar-refractivity contribution is 5.97. The number of H-pyrrole nitrogens is 1. The molecule has 10 nitrogen and oxygen atoms in total. The number of benzene rings is 1. The van der Waals surface area contributed by atoms with Crippen molar-refractivity contribution >= 4 is 11.8 Å². The summed E-state index contributed by atoms with van der Waals surface area (Å²) in [6, 6.07) is 8.06. The van der Waals surface area contributed by atoms with Crippen molar-refractivity contribution in [2.24, 2.45) is 5.41 Å². The highest BCUT2D eigenvalue weighted by Gasteiger charge is 2.44. The first-order valence-corrected chi connectivity index (χ1v) is 13.7. The van der Waals surface area contributed by atoms with Crippen LogP contribution in [0.3, 0.4) is 0 Å². The second kappa shape index (κ2) is 10.2. The number of likely N-dealkylation sites (tertiary alicyclic amines) is 1. The summed E-state index contributed by atoms with van der Waals surface area (Å²) in [6.07, 6.45) is 7.33. The van der Waals surface area contributed by atoms with E-state index in [0.29, 0.717) is 58.0 Å². The van der Waals surface area contributed by atoms with E-state index in [1.165, 1.54) is 0 Å². The van der Waals surface area contributed by atoms with Gasteiger partial charge in [0.1, 0.15) is 5.75 Å². The smallest absolute Gasteiger partial charge is 0.257 e. The van der Waals surface area contributed by atoms with Crippen molar-refractivity contribution in [2.45, 2.75) is 64.3 Å². The maximum absolute atomic E-state index is 13.7. The van der Waals surface area contributed by atoms with Crippen LogP contribution in [0.2, 0.25) is 0 Å². The molecule has 1 aliphatic carbocycles. The SMILES string of the molecule is Cc1[nH]nc(C2CC2)c1C(=O)N1CCC2(CC1)Cc1cn(nn1)CCCOc1ccc(cc1)CCNC2=O. The van der Waals surface area contributed by atoms with Gasteiger partial charge in [-0.05, 0) is 56.7 Å². The van der Waals surface area contributed by atoms with Gasteiger partial charge in [-0.25, -0.2) is 0 Å². The second-order valence-corrected chi connectivity index (χ2v) is 11.0. The fraction of sp³-hybridized carbons (Fsp3) is 0.536. The minimum atomic E-state index is -0.636. The number of hydrogen-bond donors (Lipinski definition) is 2. The average molecular weight is 518 g/mol. The maximum atomic E-state index is 13.7. The summed E-state index contributed by atoms with van der Waals surface area (Å²) in [5.41, 5.74) is 3.77. The molecule has 2 amide bonds. The monoisotopic (exact) mass is 517 g/mol. The standard InChI is InChI=1S/C28H35N7O3/c1-19-24(25(32-30-19)21-5-6-21)26(36)34-14-10-28(11-15-34)17-22-18-35(33-31-22)13-2-16-38-23-7-3-20(4-8-23)9-12-29-27(28)37/h3-4,7-8,18,21H,2,5-6,9-17H2,1H3,(H,29,37)(H,30,32). The zero-order chi connectivity index (χ0) is 26.1. The predicted molar refractivity (Wildman–Crippen MR) is 140 cm³/mol. The lowest BCUT2D eigenvalue weighted by molar-refractivity contribution is -0.133. The molecule has 1 aromatic carbocycles. The maximum Gasteiger partial charge on any atom is 0.257 e. The zero-order valence-electron chi connectivity index (χ0n) is 21.9. The van der Waals surface area contributed by atoms with E-state index in [4.69, 9.17) is 4.74 Å². The Hall–Kier alpha value is -3.69. The molecule has 1 spiro atoms. The fourth-order valence-corrected chi connectivity index (χ4v) is 5.70. The number of fused-ring (bicyclic) bond motifs is 8. The van der Waals surface area contributed by atoms with E-state index >= 15 is 0 Å². The Kier molecular flexibility index (Phi) is 6.63. The molecular weight excluding hydrogens is 482 g/mol. The molecule has 0 atom stereocenters. The minimum absolute atomic E-state index is 0.0225. The summed E-state index contributed by atoms with van der Waals surface area (Å²) in [5.74, 6) is 1.29. The van der Waals surface area contributed by atoms with E-state index in [0.717, 1.165) is 59.6 Å². The summed E-state index contributed by atoms with van der Waals surface area (Å²) in [4.78, 5) is 29.2. The molecule has 4 aliphatic rings. The summed E-state index contributed by atoms with van der Waals surface area (Å²) < 4.78 is 7.68. The van der Waals surface area contributed by atoms with Crippen LogP contribution < -0.4 is 10.1 Å². The van der Waals surface area contributed by atoms with Crippen molar-refractivity contribution in [2.75, 3.05) is 26.2 Å². The number of nitrogens with zero attached hydrogens (tertiary/aromatic N) is 5. The van der Waals surface area contributed by atoms with Gasteiger partial charge in [0.05, 0.1) is 29.0 Å². The Morgan fingerprint density at radius 2 is 1.92 bits per heavy atom. The number of aromatic amines is 1. The van der Waals surface area contributed by atoms with Crippen molar-refractivity contribution in [3.63, 3.8) is 0 Å². The summed E-state index contributed by atoms with van der Waals surface area (Å²) in [7, 11) is 0. The lowest BCUT2D eigenvalue weighted by atomic mass is 9.73. The molecule has 38 heavy (non-hydrogen) atoms. The molecule has 1 saturated heterocycles. The van der Waals surface area contributed by atoms with Crippen LogP contribution in [0.15, 0.2) is 30.5 Å². The third kappa shape index (κ3) is 5.04. The Morgan fingerprint density at radius 3 is 2.68 bits per heavy atom. The Bertz CT molecular complexity index is 1300. The fourth-order valence-electron chi connectivity index (χ4n) is 5.70. The number of aromatic nitrogens is 5. The number of hydrogen-bond acceptors (Lipinski definition) is 6. The van der Waals surface area contributed by atoms with E-state index < -0.39 is 5.41 Å². The molecule has 5 heterocycles. The Labute approximate surface area is 222 Å². The van der Waals surface area contributed by atoms with Crippen LogP contribution >= 0.6 is 0 Å². The molecule has 2 aromatic heterocycles. The quantitative estimate of drug-likeness (QED) is 0.540. The first-order valence-electron chi connectivity index (χ1n) is 13.7. The molecular formula is C28H35N7O3. The van der Waals surface area contributed by atoms with E-state index in [1.54, 1.807) is 0 Å². The summed E-state index contributed by atoms with van der Waals surface area (Å²) >= 11 is 0. The molecule has 4 bridgehead atoms. The lowest BCUT2D eigenvalue weighted by Gasteiger charge is -2.40. The zero-order valence-corrected chi connectivity index (χ0v) is 21.9. The lowest BCUT2D eigenvalue weighted by Crippen LogP contribution is -2.51. The first kappa shape index (κ1) is 24.6. The van der Waals surface area contributed by atoms with Gasteiger partial charge in [-0.1, -0.05) is 17.3 Å². The number of carbonyl (C=O) groups excluding carboxylic acids is 2. The van der Waals surface area contributed by atoms with Gasteiger partial charge in [0.2, 0.25) is 5.91 Å². The van der Waals surface area contributed by atoms with Gasteiger partial charge in [0.15, 0.2) is 0 Å². The molecule has 7 rings (SSSR count). The summed E-state index contributed by atoms with van der Waals surface area (Å²) in [6.45, 7) is 4.80. The van der Waals surface area contributed by atoms with Gasteiger partial charge in [0, 0.05) is 56.8 Å². The van der Waals surface area contributed by atoms with Gasteiger partial charge < -0.3 is 15.0 Å². The van der Waals surface area contributed by atoms with Crippen LogP contribution in [-0.4, -0.2) is 68.1 Å². The van der Waals surface area contributed by atoms with Crippen LogP contribution in [0.4, 0.5) is 0 Å². The van der Waals surface area contributed by atoms with Gasteiger partial charge in [0.25, 0.3) is 5.91 Å². The van der Waals surface area contributed by atoms with Gasteiger partial charge >= 0.3 is 0 Å². The highest BCUT2D eigenvalue weighted by atomic mass is 16.5. The normalized spacial score (nSPS) is 20.1. The average Bonchev–Trinajstić information content (AvgIpc) is 3.56. The first-order chi connectivity index (χ1) is 18.5. The van der Waals surface area contributed by atoms with E-state index in [9.17, 15) is 9.59 Å². The Morgan fingerprint density at radius 1 is 1.13 bits per heavy atom. The molecule has 200 valence electrons. The van der Waals surface area contributed by atoms with Crippen LogP contribution in [0.1, 0.15) is 71.0 Å². The number of aryl methyl sites for hydroxylation is 2. The second-order valence-electron chi connectivity index (χ2n) is 11.0. The Balaban J connectivity index is 1.20. The van der Waals surface area contributed by atoms with Crippen molar-refractivity contribution in [3.8, 4) is 5.75 Å². The van der Waals surface area contributed by atoms with Crippen LogP contribution in [0.5, 0.6) is 5.75 Å². The molecule has 0 unspecified atom stereocenters. The molecule has 2 fully saturated rings. The van der Waals surface area contributed by atoms with Gasteiger partial charge in [-0.15, -0.1) is 5.10 Å². The number of piperidine rings is 1. The number of rotatable bonds is 2.